The lowest BCUT2D eigenvalue weighted by Crippen LogP contribution is -2.31. The average Bonchev–Trinajstić information content (AvgIpc) is 2.98. The smallest absolute Gasteiger partial charge is 0.295 e. The molecule has 1 amide bonds. The number of benzene rings is 2. The summed E-state index contributed by atoms with van der Waals surface area (Å²) in [5, 5.41) is 11.6. The molecule has 1 atom stereocenters. The number of carbonyl (C=O) groups excluding carboxylic acids is 2. The van der Waals surface area contributed by atoms with Crippen molar-refractivity contribution in [1.82, 2.24) is 4.90 Å². The molecule has 1 saturated heterocycles. The summed E-state index contributed by atoms with van der Waals surface area (Å²) in [6.07, 6.45) is 0.561. The number of ketones is 1. The predicted octanol–water partition coefficient (Wildman–Crippen LogP) is 4.42. The summed E-state index contributed by atoms with van der Waals surface area (Å²) >= 11 is 6.30. The number of hydrogen-bond acceptors (Lipinski definition) is 5. The molecule has 0 aliphatic carbocycles. The Bertz CT molecular complexity index is 1050. The SMILES string of the molecule is COCCCN1C(=O)C(=O)/C(=C(/O)c2cc(C)cc(Cl)c2OC)C1c1cccc(C)c1. The van der Waals surface area contributed by atoms with Crippen molar-refractivity contribution in [3.05, 3.63) is 69.2 Å². The van der Waals surface area contributed by atoms with Crippen LogP contribution in [0, 0.1) is 13.8 Å². The first-order chi connectivity index (χ1) is 14.8. The maximum atomic E-state index is 13.1. The summed E-state index contributed by atoms with van der Waals surface area (Å²) in [6.45, 7) is 4.53. The Labute approximate surface area is 187 Å². The van der Waals surface area contributed by atoms with Gasteiger partial charge in [0.1, 0.15) is 11.5 Å². The Balaban J connectivity index is 2.23. The third-order valence-corrected chi connectivity index (χ3v) is 5.57. The normalized spacial score (nSPS) is 18.0. The maximum Gasteiger partial charge on any atom is 0.295 e. The number of carbonyl (C=O) groups is 2. The lowest BCUT2D eigenvalue weighted by Gasteiger charge is -2.25. The van der Waals surface area contributed by atoms with Gasteiger partial charge in [0, 0.05) is 20.3 Å². The van der Waals surface area contributed by atoms with Crippen LogP contribution in [0.4, 0.5) is 0 Å². The number of halogens is 1. The Morgan fingerprint density at radius 1 is 1.13 bits per heavy atom. The highest BCUT2D eigenvalue weighted by molar-refractivity contribution is 6.46. The average molecular weight is 444 g/mol. The van der Waals surface area contributed by atoms with Crippen LogP contribution in [0.15, 0.2) is 42.0 Å². The number of nitrogens with zero attached hydrogens (tertiary/aromatic N) is 1. The minimum Gasteiger partial charge on any atom is -0.507 e. The number of amides is 1. The number of aliphatic hydroxyl groups excluding tert-OH is 1. The topological polar surface area (TPSA) is 76.1 Å². The van der Waals surface area contributed by atoms with Crippen LogP contribution in [0.2, 0.25) is 5.02 Å². The van der Waals surface area contributed by atoms with E-state index < -0.39 is 17.7 Å². The summed E-state index contributed by atoms with van der Waals surface area (Å²) in [6, 6.07) is 10.2. The van der Waals surface area contributed by atoms with E-state index in [9.17, 15) is 14.7 Å². The number of ether oxygens (including phenoxy) is 2. The quantitative estimate of drug-likeness (QED) is 0.296. The second kappa shape index (κ2) is 9.54. The van der Waals surface area contributed by atoms with Crippen LogP contribution < -0.4 is 4.74 Å². The van der Waals surface area contributed by atoms with Crippen molar-refractivity contribution in [2.24, 2.45) is 0 Å². The van der Waals surface area contributed by atoms with Gasteiger partial charge < -0.3 is 19.5 Å². The Kier molecular flexibility index (Phi) is 7.03. The van der Waals surface area contributed by atoms with Crippen LogP contribution in [0.5, 0.6) is 5.75 Å². The largest absolute Gasteiger partial charge is 0.507 e. The van der Waals surface area contributed by atoms with Crippen molar-refractivity contribution in [2.75, 3.05) is 27.4 Å². The fraction of sp³-hybridized carbons (Fsp3) is 0.333. The van der Waals surface area contributed by atoms with Gasteiger partial charge in [-0.05, 0) is 43.5 Å². The molecule has 31 heavy (non-hydrogen) atoms. The van der Waals surface area contributed by atoms with E-state index in [4.69, 9.17) is 21.1 Å². The third kappa shape index (κ3) is 4.45. The van der Waals surface area contributed by atoms with Gasteiger partial charge in [-0.3, -0.25) is 9.59 Å². The number of Topliss-reactive ketones (excluding diaryl/α,β-unsaturated/α-hetero) is 1. The maximum absolute atomic E-state index is 13.1. The van der Waals surface area contributed by atoms with Crippen LogP contribution in [0.25, 0.3) is 5.76 Å². The minimum absolute atomic E-state index is 0.0213. The van der Waals surface area contributed by atoms with E-state index in [1.165, 1.54) is 12.0 Å². The molecule has 0 spiro atoms. The predicted molar refractivity (Wildman–Crippen MR) is 119 cm³/mol. The summed E-state index contributed by atoms with van der Waals surface area (Å²) in [7, 11) is 3.02. The van der Waals surface area contributed by atoms with Crippen LogP contribution in [0.1, 0.15) is 34.7 Å². The lowest BCUT2D eigenvalue weighted by atomic mass is 9.93. The molecule has 2 aromatic carbocycles. The Morgan fingerprint density at radius 2 is 1.87 bits per heavy atom. The van der Waals surface area contributed by atoms with E-state index in [0.29, 0.717) is 24.6 Å². The second-order valence-electron chi connectivity index (χ2n) is 7.58. The monoisotopic (exact) mass is 443 g/mol. The van der Waals surface area contributed by atoms with Crippen LogP contribution >= 0.6 is 11.6 Å². The second-order valence-corrected chi connectivity index (χ2v) is 7.99. The molecule has 1 aliphatic rings. The first-order valence-corrected chi connectivity index (χ1v) is 10.4. The third-order valence-electron chi connectivity index (χ3n) is 5.29. The molecule has 1 aliphatic heterocycles. The molecule has 1 heterocycles. The number of rotatable bonds is 7. The molecule has 2 aromatic rings. The fourth-order valence-corrected chi connectivity index (χ4v) is 4.29. The molecule has 0 radical (unpaired) electrons. The first kappa shape index (κ1) is 22.8. The van der Waals surface area contributed by atoms with Crippen LogP contribution in [0.3, 0.4) is 0 Å². The Morgan fingerprint density at radius 3 is 2.52 bits per heavy atom. The van der Waals surface area contributed by atoms with Gasteiger partial charge >= 0.3 is 0 Å². The van der Waals surface area contributed by atoms with Crippen molar-refractivity contribution in [3.63, 3.8) is 0 Å². The first-order valence-electron chi connectivity index (χ1n) is 9.98. The van der Waals surface area contributed by atoms with Gasteiger partial charge in [0.15, 0.2) is 0 Å². The van der Waals surface area contributed by atoms with E-state index in [1.807, 2.05) is 38.1 Å². The van der Waals surface area contributed by atoms with Gasteiger partial charge in [0.05, 0.1) is 29.3 Å². The van der Waals surface area contributed by atoms with E-state index in [-0.39, 0.29) is 22.6 Å². The summed E-state index contributed by atoms with van der Waals surface area (Å²) in [4.78, 5) is 27.5. The van der Waals surface area contributed by atoms with Crippen molar-refractivity contribution < 1.29 is 24.2 Å². The van der Waals surface area contributed by atoms with E-state index >= 15 is 0 Å². The molecular weight excluding hydrogens is 418 g/mol. The summed E-state index contributed by atoms with van der Waals surface area (Å²) < 4.78 is 10.5. The molecule has 0 aromatic heterocycles. The summed E-state index contributed by atoms with van der Waals surface area (Å²) in [5.74, 6) is -1.44. The number of likely N-dealkylation sites (tertiary alicyclic amines) is 1. The Hall–Kier alpha value is -2.83. The number of methoxy groups -OCH3 is 2. The lowest BCUT2D eigenvalue weighted by molar-refractivity contribution is -0.140. The zero-order valence-corrected chi connectivity index (χ0v) is 18.8. The van der Waals surface area contributed by atoms with Gasteiger partial charge in [-0.15, -0.1) is 0 Å². The number of hydrogen-bond donors (Lipinski definition) is 1. The molecule has 1 unspecified atom stereocenters. The minimum atomic E-state index is -0.735. The molecule has 6 nitrogen and oxygen atoms in total. The highest BCUT2D eigenvalue weighted by Gasteiger charge is 2.46. The molecule has 1 fully saturated rings. The standard InChI is InChI=1S/C24H26ClNO5/c1-14-7-5-8-16(11-14)20-19(22(28)24(29)26(20)9-6-10-30-3)21(27)17-12-15(2)13-18(25)23(17)31-4/h5,7-8,11-13,20,27H,6,9-10H2,1-4H3/b21-19+. The van der Waals surface area contributed by atoms with Crippen molar-refractivity contribution in [3.8, 4) is 5.75 Å². The van der Waals surface area contributed by atoms with E-state index in [2.05, 4.69) is 0 Å². The van der Waals surface area contributed by atoms with Gasteiger partial charge in [0.25, 0.3) is 11.7 Å². The zero-order valence-electron chi connectivity index (χ0n) is 18.1. The number of aryl methyl sites for hydroxylation is 2. The van der Waals surface area contributed by atoms with E-state index in [0.717, 1.165) is 16.7 Å². The van der Waals surface area contributed by atoms with Crippen LogP contribution in [-0.4, -0.2) is 49.1 Å². The van der Waals surface area contributed by atoms with Crippen LogP contribution in [-0.2, 0) is 14.3 Å². The van der Waals surface area contributed by atoms with Crippen molar-refractivity contribution in [2.45, 2.75) is 26.3 Å². The molecule has 0 saturated carbocycles. The van der Waals surface area contributed by atoms with Gasteiger partial charge in [-0.2, -0.15) is 0 Å². The molecular formula is C24H26ClNO5. The summed E-state index contributed by atoms with van der Waals surface area (Å²) in [5.41, 5.74) is 2.81. The van der Waals surface area contributed by atoms with Crippen molar-refractivity contribution in [1.29, 1.82) is 0 Å². The molecule has 164 valence electrons. The molecule has 3 rings (SSSR count). The van der Waals surface area contributed by atoms with Gasteiger partial charge in [-0.1, -0.05) is 41.4 Å². The fourth-order valence-electron chi connectivity index (χ4n) is 3.93. The van der Waals surface area contributed by atoms with E-state index in [1.54, 1.807) is 19.2 Å². The molecule has 7 heteroatoms. The van der Waals surface area contributed by atoms with Crippen molar-refractivity contribution >= 4 is 29.1 Å². The number of aliphatic hydroxyl groups is 1. The molecule has 0 bridgehead atoms. The van der Waals surface area contributed by atoms with Gasteiger partial charge in [0.2, 0.25) is 0 Å². The highest BCUT2D eigenvalue weighted by Crippen LogP contribution is 2.42. The zero-order chi connectivity index (χ0) is 22.7. The molecule has 1 N–H and O–H groups in total. The van der Waals surface area contributed by atoms with Gasteiger partial charge in [-0.25, -0.2) is 0 Å². The highest BCUT2D eigenvalue weighted by atomic mass is 35.5.